The van der Waals surface area contributed by atoms with Crippen LogP contribution in [0.4, 0.5) is 11.4 Å². The lowest BCUT2D eigenvalue weighted by Gasteiger charge is -2.34. The molecule has 1 amide bonds. The zero-order valence-electron chi connectivity index (χ0n) is 20.6. The Morgan fingerprint density at radius 3 is 2.89 bits per heavy atom. The summed E-state index contributed by atoms with van der Waals surface area (Å²) in [5.41, 5.74) is 3.51. The number of pyridine rings is 1. The molecule has 4 heterocycles. The van der Waals surface area contributed by atoms with Gasteiger partial charge in [0.25, 0.3) is 5.56 Å². The van der Waals surface area contributed by atoms with Crippen molar-refractivity contribution in [2.75, 3.05) is 43.6 Å². The van der Waals surface area contributed by atoms with Crippen LogP contribution in [0.1, 0.15) is 30.9 Å². The standard InChI is InChI=1S/C26H31N5O4/c1-16-28-21-12-18(30-9-10-35-19(14-30)15-34-4)5-6-20(21)24(32)31(16)8-7-17-11-22-23(27-13-17)26(2,3)25(33)29-22/h5-6,11-13,19H,7-10,14-15H2,1-4H3,(H,29,33)/t19-/m1/s1. The van der Waals surface area contributed by atoms with Crippen LogP contribution < -0.4 is 15.8 Å². The number of amides is 1. The number of hydrogen-bond donors (Lipinski definition) is 1. The Labute approximate surface area is 204 Å². The number of carbonyl (C=O) groups excluding carboxylic acids is 1. The van der Waals surface area contributed by atoms with Crippen LogP contribution in [0.2, 0.25) is 0 Å². The minimum absolute atomic E-state index is 0.0280. The van der Waals surface area contributed by atoms with Gasteiger partial charge in [0.1, 0.15) is 5.82 Å². The summed E-state index contributed by atoms with van der Waals surface area (Å²) >= 11 is 0. The Kier molecular flexibility index (Phi) is 6.06. The Bertz CT molecular complexity index is 1350. The molecule has 0 radical (unpaired) electrons. The Morgan fingerprint density at radius 1 is 1.26 bits per heavy atom. The number of fused-ring (bicyclic) bond motifs is 2. The lowest BCUT2D eigenvalue weighted by molar-refractivity contribution is -0.119. The zero-order valence-corrected chi connectivity index (χ0v) is 20.6. The monoisotopic (exact) mass is 477 g/mol. The highest BCUT2D eigenvalue weighted by Crippen LogP contribution is 2.35. The van der Waals surface area contributed by atoms with Crippen LogP contribution in [0, 0.1) is 6.92 Å². The molecular formula is C26H31N5O4. The smallest absolute Gasteiger partial charge is 0.261 e. The maximum atomic E-state index is 13.3. The van der Waals surface area contributed by atoms with Crippen molar-refractivity contribution < 1.29 is 14.3 Å². The number of hydrogen-bond acceptors (Lipinski definition) is 7. The molecule has 2 aliphatic heterocycles. The second kappa shape index (κ2) is 9.05. The first-order valence-electron chi connectivity index (χ1n) is 12.0. The number of aryl methyl sites for hydroxylation is 2. The Balaban J connectivity index is 1.36. The van der Waals surface area contributed by atoms with Crippen LogP contribution in [0.25, 0.3) is 10.9 Å². The fraction of sp³-hybridized carbons (Fsp3) is 0.462. The van der Waals surface area contributed by atoms with Crippen molar-refractivity contribution in [2.45, 2.75) is 45.3 Å². The van der Waals surface area contributed by atoms with Gasteiger partial charge in [-0.1, -0.05) is 0 Å². The molecule has 0 unspecified atom stereocenters. The van der Waals surface area contributed by atoms with Crippen LogP contribution in [-0.4, -0.2) is 60.0 Å². The molecular weight excluding hydrogens is 446 g/mol. The van der Waals surface area contributed by atoms with Gasteiger partial charge in [-0.05, 0) is 57.0 Å². The maximum Gasteiger partial charge on any atom is 0.261 e. The van der Waals surface area contributed by atoms with E-state index in [1.54, 1.807) is 17.9 Å². The third kappa shape index (κ3) is 4.30. The fourth-order valence-corrected chi connectivity index (χ4v) is 4.89. The molecule has 0 saturated carbocycles. The van der Waals surface area contributed by atoms with Crippen molar-refractivity contribution in [3.8, 4) is 0 Å². The number of methoxy groups -OCH3 is 1. The van der Waals surface area contributed by atoms with Gasteiger partial charge in [0, 0.05) is 38.6 Å². The van der Waals surface area contributed by atoms with Gasteiger partial charge in [-0.3, -0.25) is 19.1 Å². The number of nitrogens with zero attached hydrogens (tertiary/aromatic N) is 4. The van der Waals surface area contributed by atoms with E-state index in [-0.39, 0.29) is 17.6 Å². The fourth-order valence-electron chi connectivity index (χ4n) is 4.89. The maximum absolute atomic E-state index is 13.3. The van der Waals surface area contributed by atoms with Crippen molar-refractivity contribution in [1.82, 2.24) is 14.5 Å². The molecule has 2 aromatic heterocycles. The first-order valence-corrected chi connectivity index (χ1v) is 12.0. The van der Waals surface area contributed by atoms with E-state index in [1.165, 1.54) is 0 Å². The molecule has 184 valence electrons. The largest absolute Gasteiger partial charge is 0.382 e. The lowest BCUT2D eigenvalue weighted by Crippen LogP contribution is -2.44. The molecule has 0 spiro atoms. The topological polar surface area (TPSA) is 98.6 Å². The summed E-state index contributed by atoms with van der Waals surface area (Å²) in [4.78, 5) is 37.1. The molecule has 9 nitrogen and oxygen atoms in total. The Morgan fingerprint density at radius 2 is 2.09 bits per heavy atom. The predicted molar refractivity (Wildman–Crippen MR) is 134 cm³/mol. The van der Waals surface area contributed by atoms with E-state index in [0.717, 1.165) is 35.7 Å². The van der Waals surface area contributed by atoms with Gasteiger partial charge in [-0.25, -0.2) is 4.98 Å². The number of benzene rings is 1. The Hall–Kier alpha value is -3.30. The predicted octanol–water partition coefficient (Wildman–Crippen LogP) is 2.42. The van der Waals surface area contributed by atoms with Gasteiger partial charge in [-0.2, -0.15) is 0 Å². The van der Waals surface area contributed by atoms with Crippen molar-refractivity contribution in [1.29, 1.82) is 0 Å². The van der Waals surface area contributed by atoms with E-state index in [9.17, 15) is 9.59 Å². The average molecular weight is 478 g/mol. The van der Waals surface area contributed by atoms with Gasteiger partial charge < -0.3 is 19.7 Å². The molecule has 5 rings (SSSR count). The number of nitrogens with one attached hydrogen (secondary N) is 1. The highest BCUT2D eigenvalue weighted by molar-refractivity contribution is 6.04. The van der Waals surface area contributed by atoms with E-state index in [2.05, 4.69) is 15.2 Å². The van der Waals surface area contributed by atoms with Crippen LogP contribution in [-0.2, 0) is 32.6 Å². The van der Waals surface area contributed by atoms with Crippen LogP contribution in [0.5, 0.6) is 0 Å². The second-order valence-corrected chi connectivity index (χ2v) is 9.78. The minimum atomic E-state index is -0.631. The van der Waals surface area contributed by atoms with E-state index in [0.29, 0.717) is 42.9 Å². The van der Waals surface area contributed by atoms with Crippen molar-refractivity contribution in [3.63, 3.8) is 0 Å². The third-order valence-corrected chi connectivity index (χ3v) is 6.96. The normalized spacial score (nSPS) is 19.1. The molecule has 35 heavy (non-hydrogen) atoms. The summed E-state index contributed by atoms with van der Waals surface area (Å²) in [6, 6.07) is 7.79. The number of ether oxygens (including phenoxy) is 2. The second-order valence-electron chi connectivity index (χ2n) is 9.78. The lowest BCUT2D eigenvalue weighted by atomic mass is 9.90. The summed E-state index contributed by atoms with van der Waals surface area (Å²) in [7, 11) is 1.68. The number of anilines is 2. The molecule has 1 aromatic carbocycles. The van der Waals surface area contributed by atoms with E-state index in [1.807, 2.05) is 45.0 Å². The summed E-state index contributed by atoms with van der Waals surface area (Å²) < 4.78 is 12.7. The molecule has 0 bridgehead atoms. The van der Waals surface area contributed by atoms with Crippen molar-refractivity contribution in [3.05, 3.63) is 57.9 Å². The van der Waals surface area contributed by atoms with E-state index in [4.69, 9.17) is 14.5 Å². The summed E-state index contributed by atoms with van der Waals surface area (Å²) in [5, 5.41) is 3.51. The number of aromatic nitrogens is 3. The SMILES string of the molecule is COC[C@H]1CN(c2ccc3c(=O)n(CCc4cnc5c(c4)NC(=O)C5(C)C)c(C)nc3c2)CCO1. The number of carbonyl (C=O) groups is 1. The molecule has 0 aliphatic carbocycles. The molecule has 3 aromatic rings. The first-order chi connectivity index (χ1) is 16.8. The molecule has 1 atom stereocenters. The summed E-state index contributed by atoms with van der Waals surface area (Å²) in [6.07, 6.45) is 2.43. The summed E-state index contributed by atoms with van der Waals surface area (Å²) in [5.74, 6) is 0.621. The third-order valence-electron chi connectivity index (χ3n) is 6.96. The molecule has 9 heteroatoms. The van der Waals surface area contributed by atoms with Crippen molar-refractivity contribution >= 4 is 28.2 Å². The van der Waals surface area contributed by atoms with Gasteiger partial charge in [0.2, 0.25) is 5.91 Å². The molecule has 1 saturated heterocycles. The average Bonchev–Trinajstić information content (AvgIpc) is 3.06. The highest BCUT2D eigenvalue weighted by Gasteiger charge is 2.39. The quantitative estimate of drug-likeness (QED) is 0.582. The van der Waals surface area contributed by atoms with Gasteiger partial charge in [0.15, 0.2) is 0 Å². The summed E-state index contributed by atoms with van der Waals surface area (Å²) in [6.45, 7) is 8.79. The van der Waals surface area contributed by atoms with Crippen LogP contribution in [0.3, 0.4) is 0 Å². The molecule has 1 fully saturated rings. The van der Waals surface area contributed by atoms with Crippen LogP contribution in [0.15, 0.2) is 35.3 Å². The van der Waals surface area contributed by atoms with Gasteiger partial charge >= 0.3 is 0 Å². The number of rotatable bonds is 6. The first kappa shape index (κ1) is 23.4. The zero-order chi connectivity index (χ0) is 24.7. The minimum Gasteiger partial charge on any atom is -0.382 e. The van der Waals surface area contributed by atoms with E-state index >= 15 is 0 Å². The highest BCUT2D eigenvalue weighted by atomic mass is 16.5. The van der Waals surface area contributed by atoms with Crippen molar-refractivity contribution in [2.24, 2.45) is 0 Å². The van der Waals surface area contributed by atoms with Crippen LogP contribution >= 0.6 is 0 Å². The molecule has 1 N–H and O–H groups in total. The number of morpholine rings is 1. The van der Waals surface area contributed by atoms with Gasteiger partial charge in [-0.15, -0.1) is 0 Å². The van der Waals surface area contributed by atoms with Gasteiger partial charge in [0.05, 0.1) is 47.0 Å². The van der Waals surface area contributed by atoms with E-state index < -0.39 is 5.41 Å². The molecule has 2 aliphatic rings.